The molecule has 2 rings (SSSR count). The van der Waals surface area contributed by atoms with Crippen LogP contribution in [0.15, 0.2) is 18.2 Å². The molecule has 0 bridgehead atoms. The van der Waals surface area contributed by atoms with Crippen LogP contribution in [0.25, 0.3) is 0 Å². The molecule has 1 aliphatic heterocycles. The van der Waals surface area contributed by atoms with E-state index in [1.54, 1.807) is 6.07 Å². The summed E-state index contributed by atoms with van der Waals surface area (Å²) >= 11 is 0. The molecule has 1 aromatic rings. The summed E-state index contributed by atoms with van der Waals surface area (Å²) in [6.45, 7) is 4.21. The van der Waals surface area contributed by atoms with Gasteiger partial charge in [-0.1, -0.05) is 6.07 Å². The average Bonchev–Trinajstić information content (AvgIpc) is 2.45. The highest BCUT2D eigenvalue weighted by Crippen LogP contribution is 2.20. The van der Waals surface area contributed by atoms with Crippen molar-refractivity contribution in [1.29, 1.82) is 0 Å². The van der Waals surface area contributed by atoms with Crippen molar-refractivity contribution in [3.05, 3.63) is 39.7 Å². The van der Waals surface area contributed by atoms with Crippen LogP contribution in [-0.4, -0.2) is 24.2 Å². The number of nitro groups is 1. The van der Waals surface area contributed by atoms with Crippen molar-refractivity contribution in [2.75, 3.05) is 13.2 Å². The highest BCUT2D eigenvalue weighted by molar-refractivity contribution is 5.34. The molecular weight excluding hydrogens is 263 g/mol. The lowest BCUT2D eigenvalue weighted by atomic mass is 9.93. The lowest BCUT2D eigenvalue weighted by Gasteiger charge is -2.28. The molecule has 1 aromatic carbocycles. The number of nitro benzene ring substituents is 1. The molecule has 6 heteroatoms. The number of hydrogen-bond donors (Lipinski definition) is 1. The fourth-order valence-corrected chi connectivity index (χ4v) is 2.47. The number of benzene rings is 1. The minimum atomic E-state index is -0.784. The van der Waals surface area contributed by atoms with Gasteiger partial charge in [-0.3, -0.25) is 10.1 Å². The second kappa shape index (κ2) is 6.76. The zero-order valence-electron chi connectivity index (χ0n) is 11.5. The first kappa shape index (κ1) is 14.9. The Morgan fingerprint density at radius 2 is 2.20 bits per heavy atom. The van der Waals surface area contributed by atoms with Gasteiger partial charge in [0.15, 0.2) is 0 Å². The Balaban J connectivity index is 1.90. The van der Waals surface area contributed by atoms with Crippen LogP contribution in [-0.2, 0) is 11.3 Å². The van der Waals surface area contributed by atoms with Gasteiger partial charge in [0.05, 0.1) is 4.92 Å². The minimum absolute atomic E-state index is 0.317. The van der Waals surface area contributed by atoms with Crippen LogP contribution >= 0.6 is 0 Å². The zero-order chi connectivity index (χ0) is 14.5. The number of rotatable bonds is 5. The van der Waals surface area contributed by atoms with Gasteiger partial charge in [0.1, 0.15) is 0 Å². The molecule has 1 saturated heterocycles. The second-order valence-electron chi connectivity index (χ2n) is 5.16. The van der Waals surface area contributed by atoms with Gasteiger partial charge in [-0.05, 0) is 37.3 Å². The Kier molecular flexibility index (Phi) is 5.03. The summed E-state index contributed by atoms with van der Waals surface area (Å²) in [4.78, 5) is 9.83. The smallest absolute Gasteiger partial charge is 0.304 e. The molecule has 0 aliphatic carbocycles. The first-order valence-corrected chi connectivity index (χ1v) is 6.82. The second-order valence-corrected chi connectivity index (χ2v) is 5.16. The first-order chi connectivity index (χ1) is 9.58. The molecule has 1 fully saturated rings. The van der Waals surface area contributed by atoms with E-state index >= 15 is 0 Å². The lowest BCUT2D eigenvalue weighted by Crippen LogP contribution is -2.36. The van der Waals surface area contributed by atoms with Crippen molar-refractivity contribution in [1.82, 2.24) is 5.32 Å². The Morgan fingerprint density at radius 3 is 2.80 bits per heavy atom. The molecule has 0 amide bonds. The van der Waals surface area contributed by atoms with Crippen molar-refractivity contribution in [3.63, 3.8) is 0 Å². The molecular formula is C14H19FN2O3. The van der Waals surface area contributed by atoms with Crippen molar-refractivity contribution < 1.29 is 14.1 Å². The van der Waals surface area contributed by atoms with Crippen LogP contribution in [0, 0.1) is 21.8 Å². The van der Waals surface area contributed by atoms with E-state index < -0.39 is 16.4 Å². The summed E-state index contributed by atoms with van der Waals surface area (Å²) < 4.78 is 18.8. The van der Waals surface area contributed by atoms with Gasteiger partial charge in [0.2, 0.25) is 5.82 Å². The number of nitrogens with zero attached hydrogens (tertiary/aromatic N) is 1. The van der Waals surface area contributed by atoms with Gasteiger partial charge >= 0.3 is 5.69 Å². The molecule has 20 heavy (non-hydrogen) atoms. The average molecular weight is 282 g/mol. The molecule has 1 N–H and O–H groups in total. The molecule has 1 atom stereocenters. The number of nitrogens with one attached hydrogen (secondary N) is 1. The van der Waals surface area contributed by atoms with Crippen molar-refractivity contribution in [2.45, 2.75) is 32.4 Å². The molecule has 110 valence electrons. The van der Waals surface area contributed by atoms with Gasteiger partial charge in [0.25, 0.3) is 0 Å². The maximum absolute atomic E-state index is 13.5. The van der Waals surface area contributed by atoms with Crippen molar-refractivity contribution >= 4 is 5.69 Å². The number of halogens is 1. The molecule has 0 aromatic heterocycles. The van der Waals surface area contributed by atoms with Crippen LogP contribution in [0.3, 0.4) is 0 Å². The Labute approximate surface area is 117 Å². The Hall–Kier alpha value is -1.53. The van der Waals surface area contributed by atoms with Crippen molar-refractivity contribution in [3.8, 4) is 0 Å². The normalized spacial score (nSPS) is 17.9. The van der Waals surface area contributed by atoms with Gasteiger partial charge in [-0.15, -0.1) is 0 Å². The van der Waals surface area contributed by atoms with Gasteiger partial charge in [0, 0.05) is 31.9 Å². The third-order valence-electron chi connectivity index (χ3n) is 3.81. The number of hydrogen-bond acceptors (Lipinski definition) is 4. The minimum Gasteiger partial charge on any atom is -0.381 e. The van der Waals surface area contributed by atoms with Crippen LogP contribution in [0.5, 0.6) is 0 Å². The highest BCUT2D eigenvalue weighted by Gasteiger charge is 2.20. The largest absolute Gasteiger partial charge is 0.381 e. The molecule has 0 saturated carbocycles. The standard InChI is InChI=1S/C14H19FN2O3/c1-10(12-4-6-20-7-5-12)16-9-11-2-3-14(17(18)19)13(15)8-11/h2-3,8,10,12,16H,4-7,9H2,1H3. The topological polar surface area (TPSA) is 64.4 Å². The maximum atomic E-state index is 13.5. The summed E-state index contributed by atoms with van der Waals surface area (Å²) in [7, 11) is 0. The molecule has 0 spiro atoms. The third-order valence-corrected chi connectivity index (χ3v) is 3.81. The van der Waals surface area contributed by atoms with Gasteiger partial charge in [-0.25, -0.2) is 0 Å². The lowest BCUT2D eigenvalue weighted by molar-refractivity contribution is -0.387. The third kappa shape index (κ3) is 3.74. The summed E-state index contributed by atoms with van der Waals surface area (Å²) in [5, 5.41) is 13.9. The summed E-state index contributed by atoms with van der Waals surface area (Å²) in [5.41, 5.74) is 0.234. The van der Waals surface area contributed by atoms with Crippen LogP contribution in [0.2, 0.25) is 0 Å². The fraction of sp³-hybridized carbons (Fsp3) is 0.571. The highest BCUT2D eigenvalue weighted by atomic mass is 19.1. The first-order valence-electron chi connectivity index (χ1n) is 6.82. The quantitative estimate of drug-likeness (QED) is 0.666. The fourth-order valence-electron chi connectivity index (χ4n) is 2.47. The van der Waals surface area contributed by atoms with Gasteiger partial charge in [-0.2, -0.15) is 4.39 Å². The summed E-state index contributed by atoms with van der Waals surface area (Å²) in [6, 6.07) is 4.34. The SMILES string of the molecule is CC(NCc1ccc([N+](=O)[O-])c(F)c1)C1CCOCC1. The summed E-state index contributed by atoms with van der Waals surface area (Å²) in [5.74, 6) is -0.223. The van der Waals surface area contributed by atoms with Crippen LogP contribution in [0.4, 0.5) is 10.1 Å². The molecule has 1 aliphatic rings. The Morgan fingerprint density at radius 1 is 1.50 bits per heavy atom. The molecule has 1 heterocycles. The van der Waals surface area contributed by atoms with Crippen molar-refractivity contribution in [2.24, 2.45) is 5.92 Å². The van der Waals surface area contributed by atoms with Crippen LogP contribution in [0.1, 0.15) is 25.3 Å². The molecule has 0 radical (unpaired) electrons. The predicted octanol–water partition coefficient (Wildman–Crippen LogP) is 2.64. The van der Waals surface area contributed by atoms with E-state index in [-0.39, 0.29) is 0 Å². The molecule has 5 nitrogen and oxygen atoms in total. The van der Waals surface area contributed by atoms with E-state index in [0.29, 0.717) is 24.1 Å². The molecule has 1 unspecified atom stereocenters. The maximum Gasteiger partial charge on any atom is 0.304 e. The van der Waals surface area contributed by atoms with E-state index in [0.717, 1.165) is 26.1 Å². The van der Waals surface area contributed by atoms with Gasteiger partial charge < -0.3 is 10.1 Å². The Bertz CT molecular complexity index is 475. The predicted molar refractivity (Wildman–Crippen MR) is 72.9 cm³/mol. The number of ether oxygens (including phenoxy) is 1. The van der Waals surface area contributed by atoms with Crippen LogP contribution < -0.4 is 5.32 Å². The van der Waals surface area contributed by atoms with E-state index in [9.17, 15) is 14.5 Å². The monoisotopic (exact) mass is 282 g/mol. The van der Waals surface area contributed by atoms with E-state index in [2.05, 4.69) is 12.2 Å². The van der Waals surface area contributed by atoms with E-state index in [1.165, 1.54) is 12.1 Å². The zero-order valence-corrected chi connectivity index (χ0v) is 11.5. The summed E-state index contributed by atoms with van der Waals surface area (Å²) in [6.07, 6.45) is 2.06. The van der Waals surface area contributed by atoms with E-state index in [1.807, 2.05) is 0 Å². The van der Waals surface area contributed by atoms with E-state index in [4.69, 9.17) is 4.74 Å².